The second-order valence-electron chi connectivity index (χ2n) is 5.68. The van der Waals surface area contributed by atoms with Gasteiger partial charge in [-0.1, -0.05) is 29.8 Å². The largest absolute Gasteiger partial charge is 0.368 e. The van der Waals surface area contributed by atoms with E-state index in [9.17, 15) is 0 Å². The second kappa shape index (κ2) is 6.57. The minimum absolute atomic E-state index is 0.584. The Balaban J connectivity index is 1.60. The molecule has 0 spiro atoms. The topological polar surface area (TPSA) is 67.1 Å². The third-order valence-electron chi connectivity index (χ3n) is 3.96. The number of hydrogen-bond acceptors (Lipinski definition) is 5. The van der Waals surface area contributed by atoms with Crippen molar-refractivity contribution in [3.05, 3.63) is 59.4 Å². The lowest BCUT2D eigenvalue weighted by Crippen LogP contribution is -2.15. The summed E-state index contributed by atoms with van der Waals surface area (Å²) in [5.74, 6) is 1.65. The van der Waals surface area contributed by atoms with Gasteiger partial charge in [-0.15, -0.1) is 0 Å². The summed E-state index contributed by atoms with van der Waals surface area (Å²) in [6.07, 6.45) is 1.77. The van der Waals surface area contributed by atoms with E-state index >= 15 is 0 Å². The van der Waals surface area contributed by atoms with E-state index < -0.39 is 0 Å². The Bertz CT molecular complexity index is 1030. The zero-order valence-corrected chi connectivity index (χ0v) is 14.5. The third-order valence-corrected chi connectivity index (χ3v) is 4.40. The van der Waals surface area contributed by atoms with E-state index in [1.165, 1.54) is 0 Å². The van der Waals surface area contributed by atoms with Crippen molar-refractivity contribution < 1.29 is 0 Å². The van der Waals surface area contributed by atoms with Crippen LogP contribution in [0.25, 0.3) is 16.6 Å². The Morgan fingerprint density at radius 3 is 2.68 bits per heavy atom. The molecule has 0 atom stereocenters. The van der Waals surface area contributed by atoms with Crippen LogP contribution in [0.5, 0.6) is 0 Å². The quantitative estimate of drug-likeness (QED) is 0.535. The number of aryl methyl sites for hydroxylation is 1. The van der Waals surface area contributed by atoms with Gasteiger partial charge < -0.3 is 10.6 Å². The van der Waals surface area contributed by atoms with Crippen molar-refractivity contribution >= 4 is 39.8 Å². The lowest BCUT2D eigenvalue weighted by Gasteiger charge is -2.11. The van der Waals surface area contributed by atoms with Crippen LogP contribution in [0.3, 0.4) is 0 Å². The molecule has 4 rings (SSSR count). The molecule has 126 valence electrons. The van der Waals surface area contributed by atoms with Gasteiger partial charge >= 0.3 is 0 Å². The fraction of sp³-hybridized carbons (Fsp3) is 0.167. The second-order valence-corrected chi connectivity index (χ2v) is 6.06. The minimum atomic E-state index is 0.584. The van der Waals surface area contributed by atoms with Crippen LogP contribution in [-0.2, 0) is 0 Å². The Morgan fingerprint density at radius 1 is 1.04 bits per heavy atom. The molecule has 0 unspecified atom stereocenters. The molecule has 0 aliphatic carbocycles. The summed E-state index contributed by atoms with van der Waals surface area (Å²) in [6.45, 7) is 3.31. The molecule has 3 heterocycles. The third kappa shape index (κ3) is 2.96. The van der Waals surface area contributed by atoms with Gasteiger partial charge in [-0.2, -0.15) is 5.10 Å². The monoisotopic (exact) mass is 352 g/mol. The number of para-hydroxylation sites is 1. The van der Waals surface area contributed by atoms with E-state index in [1.54, 1.807) is 10.7 Å². The van der Waals surface area contributed by atoms with Gasteiger partial charge in [0.25, 0.3) is 0 Å². The first-order chi connectivity index (χ1) is 12.2. The SMILES string of the molecule is Cc1nn2c(nc(NCCNc3ccccn3)c3ccccc32)c1Cl. The van der Waals surface area contributed by atoms with Gasteiger partial charge in [0.15, 0.2) is 5.65 Å². The summed E-state index contributed by atoms with van der Waals surface area (Å²) >= 11 is 6.36. The fourth-order valence-electron chi connectivity index (χ4n) is 2.76. The smallest absolute Gasteiger partial charge is 0.176 e. The van der Waals surface area contributed by atoms with Crippen LogP contribution < -0.4 is 10.6 Å². The van der Waals surface area contributed by atoms with Crippen LogP contribution in [0.2, 0.25) is 5.02 Å². The molecule has 25 heavy (non-hydrogen) atoms. The Labute approximate surface area is 149 Å². The number of nitrogens with zero attached hydrogens (tertiary/aromatic N) is 4. The van der Waals surface area contributed by atoms with E-state index in [1.807, 2.05) is 49.4 Å². The van der Waals surface area contributed by atoms with Gasteiger partial charge in [0.1, 0.15) is 16.7 Å². The lowest BCUT2D eigenvalue weighted by atomic mass is 10.2. The van der Waals surface area contributed by atoms with Gasteiger partial charge in [-0.3, -0.25) is 0 Å². The highest BCUT2D eigenvalue weighted by Crippen LogP contribution is 2.27. The van der Waals surface area contributed by atoms with Crippen LogP contribution in [0, 0.1) is 6.92 Å². The van der Waals surface area contributed by atoms with Gasteiger partial charge in [-0.25, -0.2) is 14.5 Å². The summed E-state index contributed by atoms with van der Waals surface area (Å²) < 4.78 is 1.80. The standard InChI is InChI=1S/C18H17ClN6/c1-12-16(19)18-23-17(13-6-2-3-7-14(13)25(18)24-12)22-11-10-21-15-8-4-5-9-20-15/h2-9H,10-11H2,1H3,(H,20,21)(H,22,23). The number of nitrogens with one attached hydrogen (secondary N) is 2. The van der Waals surface area contributed by atoms with E-state index in [-0.39, 0.29) is 0 Å². The van der Waals surface area contributed by atoms with Gasteiger partial charge in [0.05, 0.1) is 11.2 Å². The first-order valence-electron chi connectivity index (χ1n) is 8.06. The maximum atomic E-state index is 6.36. The molecule has 3 aromatic heterocycles. The summed E-state index contributed by atoms with van der Waals surface area (Å²) in [5, 5.41) is 12.7. The van der Waals surface area contributed by atoms with Crippen molar-refractivity contribution in [3.63, 3.8) is 0 Å². The molecule has 0 amide bonds. The van der Waals surface area contributed by atoms with Crippen molar-refractivity contribution in [3.8, 4) is 0 Å². The van der Waals surface area contributed by atoms with Crippen LogP contribution in [0.4, 0.5) is 11.6 Å². The van der Waals surface area contributed by atoms with Gasteiger partial charge in [0, 0.05) is 24.7 Å². The van der Waals surface area contributed by atoms with E-state index in [0.29, 0.717) is 17.2 Å². The van der Waals surface area contributed by atoms with Crippen molar-refractivity contribution in [1.29, 1.82) is 0 Å². The highest BCUT2D eigenvalue weighted by molar-refractivity contribution is 6.34. The first kappa shape index (κ1) is 15.7. The predicted molar refractivity (Wildman–Crippen MR) is 101 cm³/mol. The Hall–Kier alpha value is -2.86. The number of rotatable bonds is 5. The predicted octanol–water partition coefficient (Wildman–Crippen LogP) is 3.76. The van der Waals surface area contributed by atoms with E-state index in [0.717, 1.165) is 34.8 Å². The molecule has 4 aromatic rings. The molecular weight excluding hydrogens is 336 g/mol. The molecule has 2 N–H and O–H groups in total. The Morgan fingerprint density at radius 2 is 1.84 bits per heavy atom. The molecule has 0 bridgehead atoms. The Kier molecular flexibility index (Phi) is 4.11. The molecule has 0 fully saturated rings. The van der Waals surface area contributed by atoms with E-state index in [4.69, 9.17) is 11.6 Å². The van der Waals surface area contributed by atoms with Crippen LogP contribution in [0.1, 0.15) is 5.69 Å². The summed E-state index contributed by atoms with van der Waals surface area (Å²) in [7, 11) is 0. The molecule has 1 aromatic carbocycles. The molecule has 0 saturated carbocycles. The molecule has 0 saturated heterocycles. The van der Waals surface area contributed by atoms with Crippen LogP contribution in [-0.4, -0.2) is 32.7 Å². The minimum Gasteiger partial charge on any atom is -0.368 e. The van der Waals surface area contributed by atoms with E-state index in [2.05, 4.69) is 25.7 Å². The maximum absolute atomic E-state index is 6.36. The number of aromatic nitrogens is 4. The number of halogens is 1. The lowest BCUT2D eigenvalue weighted by molar-refractivity contribution is 0.953. The fourth-order valence-corrected chi connectivity index (χ4v) is 2.92. The molecule has 0 aliphatic rings. The normalized spacial score (nSPS) is 11.1. The highest BCUT2D eigenvalue weighted by atomic mass is 35.5. The molecule has 0 aliphatic heterocycles. The first-order valence-corrected chi connectivity index (χ1v) is 8.44. The summed E-state index contributed by atoms with van der Waals surface area (Å²) in [4.78, 5) is 8.93. The number of benzene rings is 1. The van der Waals surface area contributed by atoms with Crippen LogP contribution >= 0.6 is 11.6 Å². The van der Waals surface area contributed by atoms with Crippen molar-refractivity contribution in [2.75, 3.05) is 23.7 Å². The van der Waals surface area contributed by atoms with Crippen molar-refractivity contribution in [2.24, 2.45) is 0 Å². The zero-order valence-electron chi connectivity index (χ0n) is 13.7. The molecule has 6 nitrogen and oxygen atoms in total. The number of pyridine rings is 1. The van der Waals surface area contributed by atoms with Crippen molar-refractivity contribution in [2.45, 2.75) is 6.92 Å². The summed E-state index contributed by atoms with van der Waals surface area (Å²) in [5.41, 5.74) is 2.41. The van der Waals surface area contributed by atoms with Crippen LogP contribution in [0.15, 0.2) is 48.7 Å². The summed E-state index contributed by atoms with van der Waals surface area (Å²) in [6, 6.07) is 13.8. The average Bonchev–Trinajstić information content (AvgIpc) is 2.94. The molecular formula is C18H17ClN6. The molecule has 0 radical (unpaired) electrons. The van der Waals surface area contributed by atoms with Gasteiger partial charge in [0.2, 0.25) is 0 Å². The van der Waals surface area contributed by atoms with Gasteiger partial charge in [-0.05, 0) is 31.2 Å². The number of hydrogen-bond donors (Lipinski definition) is 2. The highest BCUT2D eigenvalue weighted by Gasteiger charge is 2.14. The number of anilines is 2. The van der Waals surface area contributed by atoms with Crippen molar-refractivity contribution in [1.82, 2.24) is 19.6 Å². The maximum Gasteiger partial charge on any atom is 0.176 e. The average molecular weight is 353 g/mol. The molecule has 7 heteroatoms. The number of fused-ring (bicyclic) bond motifs is 3. The zero-order chi connectivity index (χ0) is 17.2.